The van der Waals surface area contributed by atoms with Crippen LogP contribution in [0.3, 0.4) is 0 Å². The van der Waals surface area contributed by atoms with Gasteiger partial charge in [0.1, 0.15) is 11.6 Å². The summed E-state index contributed by atoms with van der Waals surface area (Å²) in [7, 11) is 1.94. The Morgan fingerprint density at radius 3 is 2.87 bits per heavy atom. The minimum absolute atomic E-state index is 0.198. The number of aryl methyl sites for hydroxylation is 1. The van der Waals surface area contributed by atoms with Crippen LogP contribution in [0.15, 0.2) is 44.6 Å². The van der Waals surface area contributed by atoms with Gasteiger partial charge in [-0.05, 0) is 43.6 Å². The number of thiophene rings is 1. The number of halogens is 2. The van der Waals surface area contributed by atoms with E-state index in [9.17, 15) is 4.39 Å². The van der Waals surface area contributed by atoms with Crippen molar-refractivity contribution in [2.24, 2.45) is 0 Å². The highest BCUT2D eigenvalue weighted by molar-refractivity contribution is 9.10. The molecule has 0 N–H and O–H groups in total. The first kappa shape index (κ1) is 16.4. The smallest absolute Gasteiger partial charge is 0.236 e. The fourth-order valence-corrected chi connectivity index (χ4v) is 3.40. The van der Waals surface area contributed by atoms with Crippen molar-refractivity contribution in [3.63, 3.8) is 0 Å². The van der Waals surface area contributed by atoms with E-state index in [1.54, 1.807) is 23.5 Å². The fourth-order valence-electron chi connectivity index (χ4n) is 2.35. The quantitative estimate of drug-likeness (QED) is 0.591. The third-order valence-electron chi connectivity index (χ3n) is 3.49. The second-order valence-corrected chi connectivity index (χ2v) is 7.27. The molecule has 0 saturated carbocycles. The van der Waals surface area contributed by atoms with Crippen LogP contribution in [0.4, 0.5) is 4.39 Å². The highest BCUT2D eigenvalue weighted by Crippen LogP contribution is 2.26. The van der Waals surface area contributed by atoms with E-state index in [1.165, 1.54) is 6.07 Å². The number of oxazole rings is 1. The molecule has 0 radical (unpaired) electrons. The molecule has 120 valence electrons. The molecular weight excluding hydrogens is 379 g/mol. The van der Waals surface area contributed by atoms with Crippen molar-refractivity contribution in [3.05, 3.63) is 63.0 Å². The van der Waals surface area contributed by atoms with Crippen LogP contribution in [0.25, 0.3) is 10.8 Å². The summed E-state index contributed by atoms with van der Waals surface area (Å²) in [5.74, 6) is 1.25. The predicted molar refractivity (Wildman–Crippen MR) is 93.8 cm³/mol. The maximum absolute atomic E-state index is 13.9. The molecule has 2 heterocycles. The summed E-state index contributed by atoms with van der Waals surface area (Å²) in [4.78, 5) is 7.61. The molecule has 0 amide bonds. The van der Waals surface area contributed by atoms with Crippen molar-refractivity contribution in [3.8, 4) is 10.8 Å². The summed E-state index contributed by atoms with van der Waals surface area (Å²) < 4.78 is 20.5. The number of rotatable bonds is 5. The van der Waals surface area contributed by atoms with Crippen LogP contribution in [0.5, 0.6) is 0 Å². The highest BCUT2D eigenvalue weighted by atomic mass is 79.9. The Balaban J connectivity index is 1.73. The molecule has 6 heteroatoms. The summed E-state index contributed by atoms with van der Waals surface area (Å²) in [5.41, 5.74) is 1.54. The van der Waals surface area contributed by atoms with Gasteiger partial charge in [0.05, 0.1) is 10.6 Å². The molecule has 3 rings (SSSR count). The predicted octanol–water partition coefficient (Wildman–Crippen LogP) is 5.25. The number of hydrogen-bond donors (Lipinski definition) is 0. The summed E-state index contributed by atoms with van der Waals surface area (Å²) in [6, 6.07) is 8.94. The Hall–Kier alpha value is -1.50. The molecule has 0 bridgehead atoms. The molecule has 0 aliphatic heterocycles. The highest BCUT2D eigenvalue weighted by Gasteiger charge is 2.15. The Labute approximate surface area is 146 Å². The third kappa shape index (κ3) is 3.88. The second-order valence-electron chi connectivity index (χ2n) is 5.41. The van der Waals surface area contributed by atoms with E-state index in [1.807, 2.05) is 36.4 Å². The van der Waals surface area contributed by atoms with Gasteiger partial charge in [0.2, 0.25) is 5.89 Å². The normalized spacial score (nSPS) is 11.3. The summed E-state index contributed by atoms with van der Waals surface area (Å²) in [6.45, 7) is 3.02. The van der Waals surface area contributed by atoms with Gasteiger partial charge < -0.3 is 4.42 Å². The molecule has 0 fully saturated rings. The first-order chi connectivity index (χ1) is 11.0. The first-order valence-electron chi connectivity index (χ1n) is 7.15. The lowest BCUT2D eigenvalue weighted by atomic mass is 10.2. The van der Waals surface area contributed by atoms with Crippen LogP contribution < -0.4 is 0 Å². The van der Waals surface area contributed by atoms with E-state index >= 15 is 0 Å². The lowest BCUT2D eigenvalue weighted by Crippen LogP contribution is -2.18. The average molecular weight is 395 g/mol. The van der Waals surface area contributed by atoms with Crippen molar-refractivity contribution in [2.75, 3.05) is 7.05 Å². The lowest BCUT2D eigenvalue weighted by Gasteiger charge is -2.16. The van der Waals surface area contributed by atoms with Gasteiger partial charge in [-0.3, -0.25) is 4.90 Å². The van der Waals surface area contributed by atoms with Gasteiger partial charge in [0, 0.05) is 23.1 Å². The molecule has 0 aliphatic rings. The SMILES string of the molecule is Cc1oc(-c2cccs2)nc1CN(C)Cc1cc(Br)ccc1F. The van der Waals surface area contributed by atoms with Gasteiger partial charge in [-0.25, -0.2) is 9.37 Å². The van der Waals surface area contributed by atoms with E-state index in [2.05, 4.69) is 20.9 Å². The number of benzene rings is 1. The van der Waals surface area contributed by atoms with Gasteiger partial charge in [-0.2, -0.15) is 0 Å². The second kappa shape index (κ2) is 6.95. The molecule has 0 saturated heterocycles. The lowest BCUT2D eigenvalue weighted by molar-refractivity contribution is 0.308. The average Bonchev–Trinajstić information content (AvgIpc) is 3.13. The Morgan fingerprint density at radius 1 is 1.30 bits per heavy atom. The van der Waals surface area contributed by atoms with E-state index < -0.39 is 0 Å². The molecule has 3 nitrogen and oxygen atoms in total. The first-order valence-corrected chi connectivity index (χ1v) is 8.83. The molecule has 0 aliphatic carbocycles. The summed E-state index contributed by atoms with van der Waals surface area (Å²) in [6.07, 6.45) is 0. The molecule has 2 aromatic heterocycles. The van der Waals surface area contributed by atoms with Crippen molar-refractivity contribution in [2.45, 2.75) is 20.0 Å². The summed E-state index contributed by atoms with van der Waals surface area (Å²) >= 11 is 4.98. The van der Waals surface area contributed by atoms with Gasteiger partial charge in [0.25, 0.3) is 0 Å². The van der Waals surface area contributed by atoms with Gasteiger partial charge in [0.15, 0.2) is 0 Å². The van der Waals surface area contributed by atoms with E-state index in [0.29, 0.717) is 24.5 Å². The molecule has 3 aromatic rings. The van der Waals surface area contributed by atoms with E-state index in [4.69, 9.17) is 4.42 Å². The molecule has 0 atom stereocenters. The van der Waals surface area contributed by atoms with Gasteiger partial charge in [-0.15, -0.1) is 11.3 Å². The number of hydrogen-bond acceptors (Lipinski definition) is 4. The summed E-state index contributed by atoms with van der Waals surface area (Å²) in [5, 5.41) is 2.00. The van der Waals surface area contributed by atoms with Crippen LogP contribution in [0, 0.1) is 12.7 Å². The zero-order chi connectivity index (χ0) is 16.4. The zero-order valence-electron chi connectivity index (χ0n) is 12.8. The molecule has 0 unspecified atom stereocenters. The molecule has 23 heavy (non-hydrogen) atoms. The van der Waals surface area contributed by atoms with E-state index in [-0.39, 0.29) is 5.82 Å². The third-order valence-corrected chi connectivity index (χ3v) is 4.84. The van der Waals surface area contributed by atoms with Crippen LogP contribution >= 0.6 is 27.3 Å². The Morgan fingerprint density at radius 2 is 2.13 bits per heavy atom. The van der Waals surface area contributed by atoms with Crippen molar-refractivity contribution >= 4 is 27.3 Å². The van der Waals surface area contributed by atoms with Crippen LogP contribution in [0.2, 0.25) is 0 Å². The minimum atomic E-state index is -0.198. The molecular formula is C17H16BrFN2OS. The Kier molecular flexibility index (Phi) is 4.94. The standard InChI is InChI=1S/C17H16BrFN2OS/c1-11-15(20-17(22-11)16-4-3-7-23-16)10-21(2)9-12-8-13(18)5-6-14(12)19/h3-8H,9-10H2,1-2H3. The van der Waals surface area contributed by atoms with E-state index in [0.717, 1.165) is 20.8 Å². The minimum Gasteiger partial charge on any atom is -0.440 e. The van der Waals surface area contributed by atoms with Crippen LogP contribution in [-0.4, -0.2) is 16.9 Å². The Bertz CT molecular complexity index is 801. The zero-order valence-corrected chi connectivity index (χ0v) is 15.2. The largest absolute Gasteiger partial charge is 0.440 e. The van der Waals surface area contributed by atoms with Gasteiger partial charge >= 0.3 is 0 Å². The fraction of sp³-hybridized carbons (Fsp3) is 0.235. The van der Waals surface area contributed by atoms with Crippen LogP contribution in [-0.2, 0) is 13.1 Å². The number of nitrogens with zero attached hydrogens (tertiary/aromatic N) is 2. The maximum Gasteiger partial charge on any atom is 0.236 e. The van der Waals surface area contributed by atoms with Crippen molar-refractivity contribution in [1.29, 1.82) is 0 Å². The maximum atomic E-state index is 13.9. The van der Waals surface area contributed by atoms with Crippen LogP contribution in [0.1, 0.15) is 17.0 Å². The van der Waals surface area contributed by atoms with Crippen molar-refractivity contribution < 1.29 is 8.81 Å². The van der Waals surface area contributed by atoms with Crippen molar-refractivity contribution in [1.82, 2.24) is 9.88 Å². The molecule has 1 aromatic carbocycles. The van der Waals surface area contributed by atoms with Gasteiger partial charge in [-0.1, -0.05) is 22.0 Å². The topological polar surface area (TPSA) is 29.3 Å². The monoisotopic (exact) mass is 394 g/mol. The number of aromatic nitrogens is 1. The molecule has 0 spiro atoms.